The highest BCUT2D eigenvalue weighted by atomic mass is 19.1. The zero-order valence-electron chi connectivity index (χ0n) is 10.1. The molecule has 0 aromatic heterocycles. The molecule has 3 nitrogen and oxygen atoms in total. The lowest BCUT2D eigenvalue weighted by Gasteiger charge is -2.14. The largest absolute Gasteiger partial charge is 0.367 e. The molecule has 1 aliphatic heterocycles. The Bertz CT molecular complexity index is 478. The number of hydrogen-bond donors (Lipinski definition) is 0. The molecule has 0 bridgehead atoms. The predicted octanol–water partition coefficient (Wildman–Crippen LogP) is 2.57. The van der Waals surface area contributed by atoms with Gasteiger partial charge in [0.25, 0.3) is 0 Å². The molecule has 0 radical (unpaired) electrons. The number of hydrogen-bond acceptors (Lipinski definition) is 3. The number of carbonyl (C=O) groups is 1. The highest BCUT2D eigenvalue weighted by Gasteiger charge is 2.33. The number of nitriles is 1. The second-order valence-corrected chi connectivity index (χ2v) is 4.53. The minimum Gasteiger partial charge on any atom is -0.367 e. The van der Waals surface area contributed by atoms with Gasteiger partial charge in [-0.3, -0.25) is 4.79 Å². The van der Waals surface area contributed by atoms with Gasteiger partial charge in [-0.25, -0.2) is 4.39 Å². The number of benzene rings is 1. The first-order valence-corrected chi connectivity index (χ1v) is 5.96. The summed E-state index contributed by atoms with van der Waals surface area (Å²) in [5.74, 6) is -1.48. The van der Waals surface area contributed by atoms with Crippen molar-refractivity contribution in [3.05, 3.63) is 35.6 Å². The van der Waals surface area contributed by atoms with Crippen LogP contribution in [0.3, 0.4) is 0 Å². The Morgan fingerprint density at radius 1 is 1.44 bits per heavy atom. The maximum atomic E-state index is 12.8. The molecule has 94 valence electrons. The van der Waals surface area contributed by atoms with Gasteiger partial charge in [0.05, 0.1) is 12.2 Å². The summed E-state index contributed by atoms with van der Waals surface area (Å²) in [5, 5.41) is 9.13. The molecule has 1 aliphatic rings. The molecule has 0 spiro atoms. The molecule has 2 rings (SSSR count). The second kappa shape index (κ2) is 5.28. The Balaban J connectivity index is 2.16. The van der Waals surface area contributed by atoms with Gasteiger partial charge in [-0.05, 0) is 37.5 Å². The van der Waals surface area contributed by atoms with Crippen molar-refractivity contribution >= 4 is 5.78 Å². The smallest absolute Gasteiger partial charge is 0.183 e. The van der Waals surface area contributed by atoms with Gasteiger partial charge in [0, 0.05) is 0 Å². The first-order valence-electron chi connectivity index (χ1n) is 5.96. The molecule has 0 N–H and O–H groups in total. The van der Waals surface area contributed by atoms with E-state index in [0.29, 0.717) is 12.0 Å². The zero-order chi connectivity index (χ0) is 13.1. The molecule has 1 saturated heterocycles. The lowest BCUT2D eigenvalue weighted by atomic mass is 9.92. The van der Waals surface area contributed by atoms with Gasteiger partial charge < -0.3 is 4.74 Å². The summed E-state index contributed by atoms with van der Waals surface area (Å²) in [7, 11) is 0. The van der Waals surface area contributed by atoms with E-state index in [1.54, 1.807) is 0 Å². The van der Waals surface area contributed by atoms with Gasteiger partial charge in [0.15, 0.2) is 5.78 Å². The van der Waals surface area contributed by atoms with Crippen LogP contribution in [0.15, 0.2) is 24.3 Å². The van der Waals surface area contributed by atoms with Crippen LogP contribution in [0.4, 0.5) is 4.39 Å². The van der Waals surface area contributed by atoms with Crippen LogP contribution in [-0.4, -0.2) is 18.0 Å². The van der Waals surface area contributed by atoms with Crippen molar-refractivity contribution in [3.8, 4) is 6.07 Å². The first-order chi connectivity index (χ1) is 8.61. The van der Waals surface area contributed by atoms with Crippen molar-refractivity contribution in [2.45, 2.75) is 37.9 Å². The first kappa shape index (κ1) is 12.7. The summed E-state index contributed by atoms with van der Waals surface area (Å²) in [6.45, 7) is 1.91. The predicted molar refractivity (Wildman–Crippen MR) is 63.3 cm³/mol. The number of nitrogens with zero attached hydrogens (tertiary/aromatic N) is 1. The summed E-state index contributed by atoms with van der Waals surface area (Å²) in [6.07, 6.45) is 1.04. The van der Waals surface area contributed by atoms with E-state index in [4.69, 9.17) is 10.00 Å². The van der Waals surface area contributed by atoms with Crippen LogP contribution >= 0.6 is 0 Å². The molecule has 1 aromatic rings. The molecule has 1 heterocycles. The highest BCUT2D eigenvalue weighted by Crippen LogP contribution is 2.26. The Kier molecular flexibility index (Phi) is 3.73. The standard InChI is InChI=1S/C14H14FNO2/c1-9-2-7-13(18-9)14(17)12(8-16)10-3-5-11(15)6-4-10/h3-6,9,12-13H,2,7H2,1H3. The fraction of sp³-hybridized carbons (Fsp3) is 0.429. The monoisotopic (exact) mass is 247 g/mol. The van der Waals surface area contributed by atoms with Crippen LogP contribution in [0.1, 0.15) is 31.2 Å². The van der Waals surface area contributed by atoms with Gasteiger partial charge in [-0.1, -0.05) is 12.1 Å². The third kappa shape index (κ3) is 2.57. The number of rotatable bonds is 3. The van der Waals surface area contributed by atoms with Crippen molar-refractivity contribution in [1.29, 1.82) is 5.26 Å². The van der Waals surface area contributed by atoms with Crippen LogP contribution in [0, 0.1) is 17.1 Å². The van der Waals surface area contributed by atoms with Crippen LogP contribution in [0.2, 0.25) is 0 Å². The average molecular weight is 247 g/mol. The molecule has 0 amide bonds. The van der Waals surface area contributed by atoms with E-state index in [0.717, 1.165) is 6.42 Å². The molecule has 1 aromatic carbocycles. The summed E-state index contributed by atoms with van der Waals surface area (Å²) in [4.78, 5) is 12.2. The zero-order valence-corrected chi connectivity index (χ0v) is 10.1. The molecule has 0 aliphatic carbocycles. The van der Waals surface area contributed by atoms with Crippen LogP contribution in [0.5, 0.6) is 0 Å². The van der Waals surface area contributed by atoms with Gasteiger partial charge in [0.1, 0.15) is 17.8 Å². The van der Waals surface area contributed by atoms with Gasteiger partial charge in [-0.2, -0.15) is 5.26 Å². The van der Waals surface area contributed by atoms with E-state index >= 15 is 0 Å². The average Bonchev–Trinajstić information content (AvgIpc) is 2.79. The number of halogens is 1. The molecule has 0 saturated carbocycles. The van der Waals surface area contributed by atoms with Crippen LogP contribution in [0.25, 0.3) is 0 Å². The fourth-order valence-electron chi connectivity index (χ4n) is 2.16. The fourth-order valence-corrected chi connectivity index (χ4v) is 2.16. The van der Waals surface area contributed by atoms with Crippen molar-refractivity contribution in [2.75, 3.05) is 0 Å². The molecule has 3 unspecified atom stereocenters. The minimum absolute atomic E-state index is 0.0616. The second-order valence-electron chi connectivity index (χ2n) is 4.53. The molecule has 3 atom stereocenters. The Morgan fingerprint density at radius 3 is 2.61 bits per heavy atom. The van der Waals surface area contributed by atoms with Gasteiger partial charge >= 0.3 is 0 Å². The van der Waals surface area contributed by atoms with Crippen molar-refractivity contribution in [3.63, 3.8) is 0 Å². The maximum Gasteiger partial charge on any atom is 0.183 e. The Labute approximate surface area is 105 Å². The molecule has 4 heteroatoms. The number of ketones is 1. The molecular weight excluding hydrogens is 233 g/mol. The minimum atomic E-state index is -0.874. The third-order valence-electron chi connectivity index (χ3n) is 3.17. The SMILES string of the molecule is CC1CCC(C(=O)C(C#N)c2ccc(F)cc2)O1. The van der Waals surface area contributed by atoms with Crippen LogP contribution in [-0.2, 0) is 9.53 Å². The summed E-state index contributed by atoms with van der Waals surface area (Å²) < 4.78 is 18.3. The van der Waals surface area contributed by atoms with E-state index in [2.05, 4.69) is 0 Å². The van der Waals surface area contributed by atoms with E-state index in [1.165, 1.54) is 24.3 Å². The summed E-state index contributed by atoms with van der Waals surface area (Å²) in [6, 6.07) is 7.43. The van der Waals surface area contributed by atoms with Gasteiger partial charge in [0.2, 0.25) is 0 Å². The topological polar surface area (TPSA) is 50.1 Å². The maximum absolute atomic E-state index is 12.8. The van der Waals surface area contributed by atoms with Crippen molar-refractivity contribution in [2.24, 2.45) is 0 Å². The van der Waals surface area contributed by atoms with Crippen LogP contribution < -0.4 is 0 Å². The summed E-state index contributed by atoms with van der Waals surface area (Å²) in [5.41, 5.74) is 0.520. The quantitative estimate of drug-likeness (QED) is 0.824. The lowest BCUT2D eigenvalue weighted by Crippen LogP contribution is -2.26. The summed E-state index contributed by atoms with van der Waals surface area (Å²) >= 11 is 0. The van der Waals surface area contributed by atoms with Crippen molar-refractivity contribution < 1.29 is 13.9 Å². The van der Waals surface area contributed by atoms with E-state index < -0.39 is 12.0 Å². The van der Waals surface area contributed by atoms with E-state index in [9.17, 15) is 9.18 Å². The van der Waals surface area contributed by atoms with E-state index in [1.807, 2.05) is 13.0 Å². The Morgan fingerprint density at radius 2 is 2.11 bits per heavy atom. The number of Topliss-reactive ketones (excluding diaryl/α,β-unsaturated/α-hetero) is 1. The number of carbonyl (C=O) groups excluding carboxylic acids is 1. The number of ether oxygens (including phenoxy) is 1. The Hall–Kier alpha value is -1.73. The molecule has 1 fully saturated rings. The normalized spacial score (nSPS) is 24.5. The molecular formula is C14H14FNO2. The highest BCUT2D eigenvalue weighted by molar-refractivity contribution is 5.92. The van der Waals surface area contributed by atoms with Gasteiger partial charge in [-0.15, -0.1) is 0 Å². The molecule has 18 heavy (non-hydrogen) atoms. The van der Waals surface area contributed by atoms with Crippen molar-refractivity contribution in [1.82, 2.24) is 0 Å². The third-order valence-corrected chi connectivity index (χ3v) is 3.17. The van der Waals surface area contributed by atoms with E-state index in [-0.39, 0.29) is 17.7 Å². The lowest BCUT2D eigenvalue weighted by molar-refractivity contribution is -0.129.